The molecule has 2 aromatic carbocycles. The van der Waals surface area contributed by atoms with Crippen LogP contribution >= 0.6 is 0 Å². The summed E-state index contributed by atoms with van der Waals surface area (Å²) in [6.45, 7) is 0. The van der Waals surface area contributed by atoms with Crippen molar-refractivity contribution in [3.63, 3.8) is 0 Å². The summed E-state index contributed by atoms with van der Waals surface area (Å²) in [5, 5.41) is 0. The van der Waals surface area contributed by atoms with Gasteiger partial charge in [0.25, 0.3) is 0 Å². The van der Waals surface area contributed by atoms with Crippen LogP contribution in [0.2, 0.25) is 6.04 Å². The van der Waals surface area contributed by atoms with Gasteiger partial charge in [-0.25, -0.2) is 0 Å². The maximum absolute atomic E-state index is 3.53. The number of hydrogen-bond donors (Lipinski definition) is 0. The third kappa shape index (κ3) is 6.13. The Morgan fingerprint density at radius 2 is 1.24 bits per heavy atom. The third-order valence-corrected chi connectivity index (χ3v) is 4.06. The van der Waals surface area contributed by atoms with Crippen molar-refractivity contribution in [2.75, 3.05) is 0 Å². The van der Waals surface area contributed by atoms with Crippen LogP contribution in [0.25, 0.3) is 0 Å². The van der Waals surface area contributed by atoms with Crippen LogP contribution in [0.15, 0.2) is 72.8 Å². The molecule has 0 heterocycles. The number of rotatable bonds is 8. The first-order valence-corrected chi connectivity index (χ1v) is 8.48. The quantitative estimate of drug-likeness (QED) is 0.473. The Balaban J connectivity index is 1.87. The molecule has 0 nitrogen and oxygen atoms in total. The van der Waals surface area contributed by atoms with Gasteiger partial charge in [0.2, 0.25) is 0 Å². The molecular weight excluding hydrogens is 268 g/mol. The summed E-state index contributed by atoms with van der Waals surface area (Å²) in [6, 6.07) is 22.5. The van der Waals surface area contributed by atoms with E-state index in [0.29, 0.717) is 5.92 Å². The molecule has 0 aliphatic carbocycles. The van der Waals surface area contributed by atoms with Crippen molar-refractivity contribution in [1.82, 2.24) is 0 Å². The molecule has 0 N–H and O–H groups in total. The summed E-state index contributed by atoms with van der Waals surface area (Å²) >= 11 is 0. The lowest BCUT2D eigenvalue weighted by Crippen LogP contribution is -2.01. The van der Waals surface area contributed by atoms with Crippen LogP contribution < -0.4 is 0 Å². The van der Waals surface area contributed by atoms with Crippen LogP contribution in [0.3, 0.4) is 0 Å². The molecule has 0 aliphatic rings. The number of hydrogen-bond acceptors (Lipinski definition) is 0. The molecule has 1 heteroatoms. The highest BCUT2D eigenvalue weighted by atomic mass is 28.1. The van der Waals surface area contributed by atoms with Gasteiger partial charge in [0.15, 0.2) is 0 Å². The molecule has 0 bridgehead atoms. The highest BCUT2D eigenvalue weighted by molar-refractivity contribution is 6.09. The lowest BCUT2D eigenvalue weighted by atomic mass is 9.93. The predicted molar refractivity (Wildman–Crippen MR) is 92.7 cm³/mol. The molecule has 0 fully saturated rings. The zero-order valence-corrected chi connectivity index (χ0v) is 13.5. The third-order valence-electron chi connectivity index (χ3n) is 3.82. The Hall–Kier alpha value is -1.60. The Kier molecular flexibility index (Phi) is 7.03. The fourth-order valence-corrected chi connectivity index (χ4v) is 2.73. The van der Waals surface area contributed by atoms with Gasteiger partial charge < -0.3 is 0 Å². The van der Waals surface area contributed by atoms with E-state index in [1.807, 2.05) is 0 Å². The maximum atomic E-state index is 3.53. The van der Waals surface area contributed by atoms with E-state index in [1.165, 1.54) is 24.0 Å². The maximum Gasteiger partial charge on any atom is 0.0275 e. The van der Waals surface area contributed by atoms with Crippen LogP contribution in [0.4, 0.5) is 0 Å². The first-order chi connectivity index (χ1) is 10.4. The van der Waals surface area contributed by atoms with Gasteiger partial charge in [0, 0.05) is 10.2 Å². The van der Waals surface area contributed by atoms with Gasteiger partial charge in [0.05, 0.1) is 0 Å². The highest BCUT2D eigenvalue weighted by Gasteiger charge is 2.06. The molecule has 2 aromatic rings. The molecule has 0 saturated heterocycles. The lowest BCUT2D eigenvalue weighted by Gasteiger charge is -2.13. The second-order valence-electron chi connectivity index (χ2n) is 5.44. The molecule has 107 valence electrons. The highest BCUT2D eigenvalue weighted by Crippen LogP contribution is 2.18. The summed E-state index contributed by atoms with van der Waals surface area (Å²) < 4.78 is 0. The minimum Gasteiger partial charge on any atom is -0.0916 e. The minimum atomic E-state index is 0.654. The summed E-state index contributed by atoms with van der Waals surface area (Å²) in [4.78, 5) is 0. The summed E-state index contributed by atoms with van der Waals surface area (Å²) in [7, 11) is 3.53. The Labute approximate surface area is 132 Å². The van der Waals surface area contributed by atoms with Crippen LogP contribution in [0, 0.1) is 5.92 Å². The topological polar surface area (TPSA) is 0 Å². The average molecular weight is 291 g/mol. The number of aryl methyl sites for hydroxylation is 2. The van der Waals surface area contributed by atoms with E-state index in [0.717, 1.165) is 18.9 Å². The van der Waals surface area contributed by atoms with E-state index >= 15 is 0 Å². The Morgan fingerprint density at radius 1 is 0.762 bits per heavy atom. The van der Waals surface area contributed by atoms with Crippen molar-refractivity contribution in [2.45, 2.75) is 31.7 Å². The second-order valence-corrected chi connectivity index (χ2v) is 5.85. The normalized spacial score (nSPS) is 11.3. The molecule has 2 rings (SSSR count). The van der Waals surface area contributed by atoms with E-state index in [-0.39, 0.29) is 0 Å². The number of benzene rings is 2. The molecule has 0 aromatic heterocycles. The van der Waals surface area contributed by atoms with Gasteiger partial charge in [-0.1, -0.05) is 72.8 Å². The van der Waals surface area contributed by atoms with Gasteiger partial charge in [-0.05, 0) is 48.8 Å². The van der Waals surface area contributed by atoms with Crippen molar-refractivity contribution >= 4 is 10.2 Å². The SMILES string of the molecule is [Si]CC=CC(CCc1ccccc1)CCc1ccccc1. The van der Waals surface area contributed by atoms with Gasteiger partial charge in [-0.15, -0.1) is 0 Å². The largest absolute Gasteiger partial charge is 0.0916 e. The molecule has 3 radical (unpaired) electrons. The predicted octanol–water partition coefficient (Wildman–Crippen LogP) is 5.01. The van der Waals surface area contributed by atoms with E-state index in [1.54, 1.807) is 0 Å². The molecule has 21 heavy (non-hydrogen) atoms. The van der Waals surface area contributed by atoms with Gasteiger partial charge >= 0.3 is 0 Å². The summed E-state index contributed by atoms with van der Waals surface area (Å²) in [5.74, 6) is 0.654. The van der Waals surface area contributed by atoms with E-state index in [9.17, 15) is 0 Å². The van der Waals surface area contributed by atoms with Crippen molar-refractivity contribution < 1.29 is 0 Å². The molecular formula is C20H23Si. The lowest BCUT2D eigenvalue weighted by molar-refractivity contribution is 0.544. The van der Waals surface area contributed by atoms with Crippen molar-refractivity contribution in [3.8, 4) is 0 Å². The molecule has 0 aliphatic heterocycles. The van der Waals surface area contributed by atoms with Crippen LogP contribution in [0.1, 0.15) is 24.0 Å². The van der Waals surface area contributed by atoms with Crippen LogP contribution in [-0.2, 0) is 12.8 Å². The average Bonchev–Trinajstić information content (AvgIpc) is 2.56. The zero-order valence-electron chi connectivity index (χ0n) is 12.5. The van der Waals surface area contributed by atoms with E-state index in [4.69, 9.17) is 0 Å². The van der Waals surface area contributed by atoms with E-state index < -0.39 is 0 Å². The summed E-state index contributed by atoms with van der Waals surface area (Å²) in [6.07, 6.45) is 9.37. The smallest absolute Gasteiger partial charge is 0.0275 e. The fourth-order valence-electron chi connectivity index (χ4n) is 2.59. The second kappa shape index (κ2) is 9.35. The Bertz CT molecular complexity index is 473. The fraction of sp³-hybridized carbons (Fsp3) is 0.300. The number of allylic oxidation sites excluding steroid dienone is 2. The van der Waals surface area contributed by atoms with Crippen LogP contribution in [0.5, 0.6) is 0 Å². The zero-order chi connectivity index (χ0) is 14.8. The van der Waals surface area contributed by atoms with Crippen LogP contribution in [-0.4, -0.2) is 10.2 Å². The van der Waals surface area contributed by atoms with Gasteiger partial charge in [0.1, 0.15) is 0 Å². The first kappa shape index (κ1) is 15.8. The Morgan fingerprint density at radius 3 is 1.67 bits per heavy atom. The molecule has 0 saturated carbocycles. The first-order valence-electron chi connectivity index (χ1n) is 7.77. The van der Waals surface area contributed by atoms with Gasteiger partial charge in [-0.2, -0.15) is 0 Å². The molecule has 0 amide bonds. The van der Waals surface area contributed by atoms with Gasteiger partial charge in [-0.3, -0.25) is 0 Å². The molecule has 0 spiro atoms. The van der Waals surface area contributed by atoms with Crippen molar-refractivity contribution in [2.24, 2.45) is 5.92 Å². The monoisotopic (exact) mass is 291 g/mol. The standard InChI is InChI=1S/C20H23Si/c21-17-7-12-20(15-13-18-8-3-1-4-9-18)16-14-19-10-5-2-6-11-19/h1-12,20H,13-17H2. The molecule has 0 unspecified atom stereocenters. The van der Waals surface area contributed by atoms with Crippen molar-refractivity contribution in [3.05, 3.63) is 83.9 Å². The van der Waals surface area contributed by atoms with E-state index in [2.05, 4.69) is 83.1 Å². The molecule has 0 atom stereocenters. The van der Waals surface area contributed by atoms with Crippen molar-refractivity contribution in [1.29, 1.82) is 0 Å². The summed E-state index contributed by atoms with van der Waals surface area (Å²) in [5.41, 5.74) is 2.88. The minimum absolute atomic E-state index is 0.654.